The Kier molecular flexibility index (Phi) is 6.04. The van der Waals surface area contributed by atoms with Crippen molar-refractivity contribution < 1.29 is 14.3 Å². The van der Waals surface area contributed by atoms with Crippen LogP contribution in [0.15, 0.2) is 53.9 Å². The summed E-state index contributed by atoms with van der Waals surface area (Å²) < 4.78 is 5.26. The minimum atomic E-state index is -0.516. The molecule has 0 aliphatic rings. The lowest BCUT2D eigenvalue weighted by molar-refractivity contribution is -0.115. The van der Waals surface area contributed by atoms with E-state index in [1.807, 2.05) is 6.07 Å². The van der Waals surface area contributed by atoms with Gasteiger partial charge in [0.1, 0.15) is 6.61 Å². The van der Waals surface area contributed by atoms with Crippen molar-refractivity contribution >= 4 is 45.6 Å². The van der Waals surface area contributed by atoms with Crippen molar-refractivity contribution in [3.05, 3.63) is 75.8 Å². The number of ether oxygens (including phenoxy) is 1. The van der Waals surface area contributed by atoms with Crippen molar-refractivity contribution in [3.63, 3.8) is 0 Å². The number of amides is 1. The second-order valence-corrected chi connectivity index (χ2v) is 6.99. The Balaban J connectivity index is 1.71. The fraction of sp³-hybridized carbons (Fsp3) is 0.100. The van der Waals surface area contributed by atoms with Crippen molar-refractivity contribution in [2.24, 2.45) is 0 Å². The van der Waals surface area contributed by atoms with Gasteiger partial charge in [-0.3, -0.25) is 9.69 Å². The van der Waals surface area contributed by atoms with Crippen molar-refractivity contribution in [2.75, 3.05) is 4.90 Å². The molecule has 1 heterocycles. The molecule has 140 valence electrons. The van der Waals surface area contributed by atoms with E-state index in [9.17, 15) is 9.59 Å². The number of hydrogen-bond acceptors (Lipinski definition) is 6. The predicted octanol–water partition coefficient (Wildman–Crippen LogP) is 4.71. The Morgan fingerprint density at radius 2 is 2.00 bits per heavy atom. The molecule has 0 saturated carbocycles. The van der Waals surface area contributed by atoms with Crippen LogP contribution in [-0.2, 0) is 16.1 Å². The standard InChI is InChI=1S/C20H14ClN3O3S/c1-13(25)24(18-4-2-3-16(21)9-18)20-23-17(12-28-20)11-27-19(26)15-7-5-14(10-22)6-8-15/h2-9,12H,11H2,1H3. The van der Waals surface area contributed by atoms with Gasteiger partial charge in [-0.2, -0.15) is 5.26 Å². The summed E-state index contributed by atoms with van der Waals surface area (Å²) in [7, 11) is 0. The summed E-state index contributed by atoms with van der Waals surface area (Å²) in [5.74, 6) is -0.727. The quantitative estimate of drug-likeness (QED) is 0.568. The monoisotopic (exact) mass is 411 g/mol. The summed E-state index contributed by atoms with van der Waals surface area (Å²) >= 11 is 7.28. The normalized spacial score (nSPS) is 10.2. The number of hydrogen-bond donors (Lipinski definition) is 0. The molecule has 8 heteroatoms. The molecule has 3 rings (SSSR count). The van der Waals surface area contributed by atoms with Gasteiger partial charge in [0.25, 0.3) is 0 Å². The van der Waals surface area contributed by atoms with E-state index < -0.39 is 5.97 Å². The number of carbonyl (C=O) groups excluding carboxylic acids is 2. The number of thiazole rings is 1. The predicted molar refractivity (Wildman–Crippen MR) is 107 cm³/mol. The van der Waals surface area contributed by atoms with Gasteiger partial charge in [-0.05, 0) is 42.5 Å². The Hall–Kier alpha value is -3.21. The van der Waals surface area contributed by atoms with E-state index in [-0.39, 0.29) is 12.5 Å². The van der Waals surface area contributed by atoms with Crippen molar-refractivity contribution in [2.45, 2.75) is 13.5 Å². The summed E-state index contributed by atoms with van der Waals surface area (Å²) in [5.41, 5.74) is 1.94. The molecule has 0 unspecified atom stereocenters. The third-order valence-corrected chi connectivity index (χ3v) is 4.82. The van der Waals surface area contributed by atoms with Crippen LogP contribution in [0.3, 0.4) is 0 Å². The topological polar surface area (TPSA) is 83.3 Å². The first-order valence-electron chi connectivity index (χ1n) is 8.16. The van der Waals surface area contributed by atoms with Gasteiger partial charge >= 0.3 is 5.97 Å². The Bertz CT molecular complexity index is 1060. The molecule has 28 heavy (non-hydrogen) atoms. The number of benzene rings is 2. The van der Waals surface area contributed by atoms with Crippen LogP contribution in [0.25, 0.3) is 0 Å². The van der Waals surface area contributed by atoms with Crippen molar-refractivity contribution in [3.8, 4) is 6.07 Å². The minimum absolute atomic E-state index is 0.0311. The summed E-state index contributed by atoms with van der Waals surface area (Å²) in [6.07, 6.45) is 0. The van der Waals surface area contributed by atoms with Crippen LogP contribution in [0.2, 0.25) is 5.02 Å². The van der Waals surface area contributed by atoms with Crippen LogP contribution in [0.5, 0.6) is 0 Å². The molecular formula is C20H14ClN3O3S. The number of halogens is 1. The molecule has 0 N–H and O–H groups in total. The molecule has 0 atom stereocenters. The molecule has 2 aromatic carbocycles. The highest BCUT2D eigenvalue weighted by Gasteiger charge is 2.19. The number of nitriles is 1. The maximum Gasteiger partial charge on any atom is 0.338 e. The fourth-order valence-electron chi connectivity index (χ4n) is 2.41. The van der Waals surface area contributed by atoms with Crippen LogP contribution < -0.4 is 4.90 Å². The molecule has 1 amide bonds. The molecule has 0 bridgehead atoms. The maximum atomic E-state index is 12.1. The molecule has 0 spiro atoms. The average molecular weight is 412 g/mol. The van der Waals surface area contributed by atoms with E-state index >= 15 is 0 Å². The molecule has 0 aliphatic carbocycles. The number of nitrogens with zero attached hydrogens (tertiary/aromatic N) is 3. The summed E-state index contributed by atoms with van der Waals surface area (Å²) in [4.78, 5) is 30.1. The van der Waals surface area contributed by atoms with Crippen molar-refractivity contribution in [1.29, 1.82) is 5.26 Å². The van der Waals surface area contributed by atoms with Gasteiger partial charge in [-0.15, -0.1) is 11.3 Å². The zero-order valence-electron chi connectivity index (χ0n) is 14.8. The Morgan fingerprint density at radius 1 is 1.25 bits per heavy atom. The Morgan fingerprint density at radius 3 is 2.64 bits per heavy atom. The summed E-state index contributed by atoms with van der Waals surface area (Å²) in [5, 5.41) is 11.5. The first kappa shape index (κ1) is 19.5. The number of anilines is 2. The number of carbonyl (C=O) groups is 2. The van der Waals surface area contributed by atoms with Crippen molar-refractivity contribution in [1.82, 2.24) is 4.98 Å². The lowest BCUT2D eigenvalue weighted by Gasteiger charge is -2.18. The van der Waals surface area contributed by atoms with E-state index in [1.165, 1.54) is 35.3 Å². The molecule has 0 aliphatic heterocycles. The highest BCUT2D eigenvalue weighted by molar-refractivity contribution is 7.14. The molecular weight excluding hydrogens is 398 g/mol. The van der Waals surface area contributed by atoms with Crippen LogP contribution in [0, 0.1) is 11.3 Å². The fourth-order valence-corrected chi connectivity index (χ4v) is 3.47. The van der Waals surface area contributed by atoms with E-state index in [0.717, 1.165) is 0 Å². The minimum Gasteiger partial charge on any atom is -0.456 e. The van der Waals surface area contributed by atoms with E-state index in [1.54, 1.807) is 41.8 Å². The third kappa shape index (κ3) is 4.55. The van der Waals surface area contributed by atoms with Gasteiger partial charge in [-0.1, -0.05) is 17.7 Å². The lowest BCUT2D eigenvalue weighted by Crippen LogP contribution is -2.22. The lowest BCUT2D eigenvalue weighted by atomic mass is 10.1. The van der Waals surface area contributed by atoms with Gasteiger partial charge < -0.3 is 4.74 Å². The molecule has 3 aromatic rings. The zero-order chi connectivity index (χ0) is 20.1. The zero-order valence-corrected chi connectivity index (χ0v) is 16.3. The van der Waals surface area contributed by atoms with Crippen LogP contribution in [0.1, 0.15) is 28.5 Å². The van der Waals surface area contributed by atoms with Crippen LogP contribution >= 0.6 is 22.9 Å². The van der Waals surface area contributed by atoms with E-state index in [0.29, 0.717) is 32.7 Å². The second kappa shape index (κ2) is 8.65. The van der Waals surface area contributed by atoms with E-state index in [2.05, 4.69) is 4.98 Å². The van der Waals surface area contributed by atoms with Gasteiger partial charge in [0.2, 0.25) is 5.91 Å². The number of rotatable bonds is 5. The molecule has 0 fully saturated rings. The van der Waals surface area contributed by atoms with E-state index in [4.69, 9.17) is 21.6 Å². The SMILES string of the molecule is CC(=O)N(c1cccc(Cl)c1)c1nc(COC(=O)c2ccc(C#N)cc2)cs1. The maximum absolute atomic E-state index is 12.1. The van der Waals surface area contributed by atoms with Crippen LogP contribution in [0.4, 0.5) is 10.8 Å². The molecule has 6 nitrogen and oxygen atoms in total. The van der Waals surface area contributed by atoms with Gasteiger partial charge in [0.15, 0.2) is 5.13 Å². The molecule has 1 aromatic heterocycles. The Labute approximate surface area is 170 Å². The number of aromatic nitrogens is 1. The largest absolute Gasteiger partial charge is 0.456 e. The third-order valence-electron chi connectivity index (χ3n) is 3.71. The average Bonchev–Trinajstić information content (AvgIpc) is 3.14. The second-order valence-electron chi connectivity index (χ2n) is 5.72. The number of esters is 1. The molecule has 0 saturated heterocycles. The summed E-state index contributed by atoms with van der Waals surface area (Å²) in [6.45, 7) is 1.41. The first-order chi connectivity index (χ1) is 13.5. The highest BCUT2D eigenvalue weighted by Crippen LogP contribution is 2.30. The van der Waals surface area contributed by atoms with Gasteiger partial charge in [0.05, 0.1) is 28.6 Å². The van der Waals surface area contributed by atoms with Gasteiger partial charge in [-0.25, -0.2) is 9.78 Å². The smallest absolute Gasteiger partial charge is 0.338 e. The molecule has 0 radical (unpaired) electrons. The summed E-state index contributed by atoms with van der Waals surface area (Å²) in [6, 6.07) is 15.1. The highest BCUT2D eigenvalue weighted by atomic mass is 35.5. The van der Waals surface area contributed by atoms with Crippen LogP contribution in [-0.4, -0.2) is 16.9 Å². The first-order valence-corrected chi connectivity index (χ1v) is 9.41. The van der Waals surface area contributed by atoms with Gasteiger partial charge in [0, 0.05) is 17.3 Å².